The standard InChI is InChI=1S/C14H21N3O2/c1-3-12(17-6-4-15-5-7-17)13-11(9-18)8-16-10(2)14(13)19/h3,8,12,15,18-19H,1,4-7,9H2,2H3/t12-/m0/s1. The number of nitrogens with zero attached hydrogens (tertiary/aromatic N) is 2. The predicted molar refractivity (Wildman–Crippen MR) is 73.9 cm³/mol. The van der Waals surface area contributed by atoms with Gasteiger partial charge in [-0.3, -0.25) is 9.88 Å². The monoisotopic (exact) mass is 263 g/mol. The van der Waals surface area contributed by atoms with Crippen molar-refractivity contribution < 1.29 is 10.2 Å². The van der Waals surface area contributed by atoms with Crippen LogP contribution in [0.15, 0.2) is 18.9 Å². The molecule has 2 heterocycles. The van der Waals surface area contributed by atoms with Crippen LogP contribution in [0.1, 0.15) is 22.9 Å². The number of rotatable bonds is 4. The molecular formula is C14H21N3O2. The summed E-state index contributed by atoms with van der Waals surface area (Å²) in [5.41, 5.74) is 1.97. The van der Waals surface area contributed by atoms with Crippen LogP contribution in [0.5, 0.6) is 5.75 Å². The molecular weight excluding hydrogens is 242 g/mol. The average Bonchev–Trinajstić information content (AvgIpc) is 2.45. The van der Waals surface area contributed by atoms with Gasteiger partial charge in [-0.05, 0) is 6.92 Å². The van der Waals surface area contributed by atoms with Crippen LogP contribution < -0.4 is 5.32 Å². The van der Waals surface area contributed by atoms with Crippen molar-refractivity contribution in [3.63, 3.8) is 0 Å². The number of nitrogens with one attached hydrogen (secondary N) is 1. The minimum atomic E-state index is -0.132. The number of hydrogen-bond donors (Lipinski definition) is 3. The Hall–Kier alpha value is -1.43. The van der Waals surface area contributed by atoms with Gasteiger partial charge >= 0.3 is 0 Å². The molecule has 5 heteroatoms. The van der Waals surface area contributed by atoms with Gasteiger partial charge in [0.25, 0.3) is 0 Å². The molecule has 1 fully saturated rings. The van der Waals surface area contributed by atoms with E-state index in [9.17, 15) is 10.2 Å². The molecule has 3 N–H and O–H groups in total. The fourth-order valence-corrected chi connectivity index (χ4v) is 2.52. The van der Waals surface area contributed by atoms with Gasteiger partial charge in [0.05, 0.1) is 18.3 Å². The third-order valence-electron chi connectivity index (χ3n) is 3.59. The van der Waals surface area contributed by atoms with E-state index in [0.717, 1.165) is 31.7 Å². The molecule has 0 amide bonds. The lowest BCUT2D eigenvalue weighted by molar-refractivity contribution is 0.196. The molecule has 0 unspecified atom stereocenters. The molecule has 1 atom stereocenters. The van der Waals surface area contributed by atoms with Crippen molar-refractivity contribution in [1.29, 1.82) is 0 Å². The fourth-order valence-electron chi connectivity index (χ4n) is 2.52. The van der Waals surface area contributed by atoms with E-state index >= 15 is 0 Å². The topological polar surface area (TPSA) is 68.6 Å². The van der Waals surface area contributed by atoms with Gasteiger partial charge in [0, 0.05) is 43.5 Å². The summed E-state index contributed by atoms with van der Waals surface area (Å²) in [6.07, 6.45) is 3.45. The highest BCUT2D eigenvalue weighted by molar-refractivity contribution is 5.44. The van der Waals surface area contributed by atoms with Crippen molar-refractivity contribution in [2.75, 3.05) is 26.2 Å². The number of aryl methyl sites for hydroxylation is 1. The number of aliphatic hydroxyl groups is 1. The molecule has 1 saturated heterocycles. The second kappa shape index (κ2) is 6.14. The molecule has 104 valence electrons. The summed E-state index contributed by atoms with van der Waals surface area (Å²) in [6.45, 7) is 9.14. The first kappa shape index (κ1) is 14.0. The first-order valence-corrected chi connectivity index (χ1v) is 6.54. The molecule has 0 radical (unpaired) electrons. The van der Waals surface area contributed by atoms with Crippen molar-refractivity contribution in [2.45, 2.75) is 19.6 Å². The number of hydrogen-bond acceptors (Lipinski definition) is 5. The number of piperazine rings is 1. The minimum Gasteiger partial charge on any atom is -0.506 e. The highest BCUT2D eigenvalue weighted by atomic mass is 16.3. The van der Waals surface area contributed by atoms with Gasteiger partial charge < -0.3 is 15.5 Å². The lowest BCUT2D eigenvalue weighted by Crippen LogP contribution is -2.44. The summed E-state index contributed by atoms with van der Waals surface area (Å²) < 4.78 is 0. The summed E-state index contributed by atoms with van der Waals surface area (Å²) in [5, 5.41) is 23.0. The number of aromatic hydroxyl groups is 1. The van der Waals surface area contributed by atoms with Crippen molar-refractivity contribution >= 4 is 0 Å². The van der Waals surface area contributed by atoms with E-state index in [0.29, 0.717) is 11.3 Å². The second-order valence-corrected chi connectivity index (χ2v) is 4.76. The Balaban J connectivity index is 2.41. The maximum absolute atomic E-state index is 10.3. The molecule has 1 aromatic heterocycles. The highest BCUT2D eigenvalue weighted by Crippen LogP contribution is 2.34. The Kier molecular flexibility index (Phi) is 4.52. The normalized spacial score (nSPS) is 18.2. The summed E-state index contributed by atoms with van der Waals surface area (Å²) in [5.74, 6) is 0.162. The van der Waals surface area contributed by atoms with Gasteiger partial charge in [0.2, 0.25) is 0 Å². The van der Waals surface area contributed by atoms with Crippen LogP contribution in [0.25, 0.3) is 0 Å². The van der Waals surface area contributed by atoms with Gasteiger partial charge in [0.15, 0.2) is 0 Å². The molecule has 0 aliphatic carbocycles. The Bertz CT molecular complexity index is 456. The lowest BCUT2D eigenvalue weighted by atomic mass is 9.98. The summed E-state index contributed by atoms with van der Waals surface area (Å²) >= 11 is 0. The first-order chi connectivity index (χ1) is 9.19. The maximum Gasteiger partial charge on any atom is 0.142 e. The van der Waals surface area contributed by atoms with Crippen molar-refractivity contribution in [1.82, 2.24) is 15.2 Å². The Morgan fingerprint density at radius 2 is 2.21 bits per heavy atom. The van der Waals surface area contributed by atoms with E-state index in [4.69, 9.17) is 0 Å². The minimum absolute atomic E-state index is 0.0917. The Labute approximate surface area is 113 Å². The molecule has 5 nitrogen and oxygen atoms in total. The van der Waals surface area contributed by atoms with Crippen LogP contribution in [0.3, 0.4) is 0 Å². The average molecular weight is 263 g/mol. The van der Waals surface area contributed by atoms with E-state index < -0.39 is 0 Å². The van der Waals surface area contributed by atoms with Gasteiger partial charge in [-0.15, -0.1) is 6.58 Å². The van der Waals surface area contributed by atoms with Crippen molar-refractivity contribution in [3.05, 3.63) is 35.7 Å². The quantitative estimate of drug-likeness (QED) is 0.698. The van der Waals surface area contributed by atoms with Crippen LogP contribution in [-0.2, 0) is 6.61 Å². The molecule has 19 heavy (non-hydrogen) atoms. The zero-order valence-electron chi connectivity index (χ0n) is 11.3. The molecule has 0 saturated carbocycles. The predicted octanol–water partition coefficient (Wildman–Crippen LogP) is 0.720. The highest BCUT2D eigenvalue weighted by Gasteiger charge is 2.25. The number of aromatic nitrogens is 1. The van der Waals surface area contributed by atoms with Gasteiger partial charge in [-0.25, -0.2) is 0 Å². The molecule has 0 aromatic carbocycles. The van der Waals surface area contributed by atoms with Gasteiger partial charge in [-0.1, -0.05) is 6.08 Å². The van der Waals surface area contributed by atoms with Crippen LogP contribution in [0.2, 0.25) is 0 Å². The third kappa shape index (κ3) is 2.78. The van der Waals surface area contributed by atoms with Crippen LogP contribution in [0.4, 0.5) is 0 Å². The first-order valence-electron chi connectivity index (χ1n) is 6.54. The summed E-state index contributed by atoms with van der Waals surface area (Å²) in [4.78, 5) is 6.34. The van der Waals surface area contributed by atoms with E-state index in [-0.39, 0.29) is 18.4 Å². The maximum atomic E-state index is 10.3. The van der Waals surface area contributed by atoms with Crippen LogP contribution in [0, 0.1) is 6.92 Å². The van der Waals surface area contributed by atoms with Crippen LogP contribution in [-0.4, -0.2) is 46.3 Å². The number of pyridine rings is 1. The Morgan fingerprint density at radius 3 is 2.79 bits per heavy atom. The fraction of sp³-hybridized carbons (Fsp3) is 0.500. The molecule has 1 aromatic rings. The molecule has 0 spiro atoms. The second-order valence-electron chi connectivity index (χ2n) is 4.76. The van der Waals surface area contributed by atoms with E-state index in [2.05, 4.69) is 21.8 Å². The van der Waals surface area contributed by atoms with E-state index in [1.807, 2.05) is 6.08 Å². The Morgan fingerprint density at radius 1 is 1.53 bits per heavy atom. The lowest BCUT2D eigenvalue weighted by Gasteiger charge is -2.34. The number of aliphatic hydroxyl groups excluding tert-OH is 1. The summed E-state index contributed by atoms with van der Waals surface area (Å²) in [6, 6.07) is -0.0917. The third-order valence-corrected chi connectivity index (χ3v) is 3.59. The molecule has 2 rings (SSSR count). The SMILES string of the molecule is C=C[C@@H](c1c(CO)cnc(C)c1O)N1CCNCC1. The summed E-state index contributed by atoms with van der Waals surface area (Å²) in [7, 11) is 0. The van der Waals surface area contributed by atoms with Crippen LogP contribution >= 0.6 is 0 Å². The molecule has 1 aliphatic heterocycles. The van der Waals surface area contributed by atoms with E-state index in [1.165, 1.54) is 0 Å². The van der Waals surface area contributed by atoms with Gasteiger partial charge in [-0.2, -0.15) is 0 Å². The van der Waals surface area contributed by atoms with Gasteiger partial charge in [0.1, 0.15) is 5.75 Å². The van der Waals surface area contributed by atoms with E-state index in [1.54, 1.807) is 13.1 Å². The largest absolute Gasteiger partial charge is 0.506 e. The molecule has 0 bridgehead atoms. The zero-order valence-corrected chi connectivity index (χ0v) is 11.3. The smallest absolute Gasteiger partial charge is 0.142 e. The van der Waals surface area contributed by atoms with Crippen molar-refractivity contribution in [3.8, 4) is 5.75 Å². The molecule has 1 aliphatic rings. The van der Waals surface area contributed by atoms with Crippen molar-refractivity contribution in [2.24, 2.45) is 0 Å². The zero-order chi connectivity index (χ0) is 13.8.